The number of nitrogens with one attached hydrogen (secondary N) is 1. The van der Waals surface area contributed by atoms with Gasteiger partial charge in [0.1, 0.15) is 0 Å². The molecule has 0 spiro atoms. The molecule has 0 aliphatic heterocycles. The van der Waals surface area contributed by atoms with Crippen LogP contribution in [0.15, 0.2) is 54.4 Å². The van der Waals surface area contributed by atoms with Crippen LogP contribution in [0.2, 0.25) is 0 Å². The molecule has 0 radical (unpaired) electrons. The van der Waals surface area contributed by atoms with Crippen molar-refractivity contribution in [3.63, 3.8) is 0 Å². The summed E-state index contributed by atoms with van der Waals surface area (Å²) in [7, 11) is 0. The average Bonchev–Trinajstić information content (AvgIpc) is 3.35. The van der Waals surface area contributed by atoms with Crippen molar-refractivity contribution in [1.82, 2.24) is 24.7 Å². The van der Waals surface area contributed by atoms with E-state index in [1.165, 1.54) is 28.3 Å². The van der Waals surface area contributed by atoms with Crippen LogP contribution in [0.3, 0.4) is 0 Å². The number of hydrogen-bond acceptors (Lipinski definition) is 6. The predicted octanol–water partition coefficient (Wildman–Crippen LogP) is 4.37. The van der Waals surface area contributed by atoms with E-state index in [1.807, 2.05) is 6.07 Å². The number of halogens is 3. The molecule has 1 N–H and O–H groups in total. The Hall–Kier alpha value is -3.60. The molecule has 0 saturated carbocycles. The van der Waals surface area contributed by atoms with Gasteiger partial charge in [0.25, 0.3) is 5.91 Å². The topological polar surface area (TPSA) is 85.6 Å². The zero-order valence-electron chi connectivity index (χ0n) is 15.4. The van der Waals surface area contributed by atoms with E-state index < -0.39 is 17.6 Å². The number of nitrogens with zero attached hydrogens (tertiary/aromatic N) is 5. The van der Waals surface area contributed by atoms with Crippen LogP contribution in [0.4, 0.5) is 18.3 Å². The summed E-state index contributed by atoms with van der Waals surface area (Å²) in [5.74, 6) is -0.259. The Labute approximate surface area is 172 Å². The Morgan fingerprint density at radius 3 is 2.67 bits per heavy atom. The van der Waals surface area contributed by atoms with Gasteiger partial charge in [-0.15, -0.1) is 11.3 Å². The number of anilines is 1. The number of carbonyl (C=O) groups is 1. The largest absolute Gasteiger partial charge is 0.417 e. The monoisotopic (exact) mass is 430 g/mol. The molecule has 30 heavy (non-hydrogen) atoms. The summed E-state index contributed by atoms with van der Waals surface area (Å²) in [6.07, 6.45) is 0.917. The lowest BCUT2D eigenvalue weighted by Crippen LogP contribution is -2.13. The average molecular weight is 430 g/mol. The summed E-state index contributed by atoms with van der Waals surface area (Å²) in [5.41, 5.74) is 1.34. The Balaban J connectivity index is 1.52. The molecule has 0 aliphatic rings. The standard InChI is InChI=1S/C19H13F3N6OS/c1-11-14(9-25-28(11)16-5-4-13(8-24-16)19(20,21)22)17(29)27-18-26-15(10-30-18)12-3-2-6-23-7-12/h2-10H,1H3,(H,26,27,29). The van der Waals surface area contributed by atoms with Crippen molar-refractivity contribution in [2.24, 2.45) is 0 Å². The predicted molar refractivity (Wildman–Crippen MR) is 104 cm³/mol. The van der Waals surface area contributed by atoms with E-state index in [1.54, 1.807) is 30.8 Å². The zero-order valence-corrected chi connectivity index (χ0v) is 16.2. The molecular weight excluding hydrogens is 417 g/mol. The van der Waals surface area contributed by atoms with Crippen LogP contribution in [0.5, 0.6) is 0 Å². The van der Waals surface area contributed by atoms with Crippen molar-refractivity contribution < 1.29 is 18.0 Å². The molecular formula is C19H13F3N6OS. The van der Waals surface area contributed by atoms with Gasteiger partial charge in [0.15, 0.2) is 10.9 Å². The van der Waals surface area contributed by atoms with Gasteiger partial charge in [0, 0.05) is 29.5 Å². The molecule has 4 rings (SSSR count). The van der Waals surface area contributed by atoms with Gasteiger partial charge in [-0.05, 0) is 31.2 Å². The van der Waals surface area contributed by atoms with E-state index in [0.29, 0.717) is 16.5 Å². The second kappa shape index (κ2) is 7.67. The van der Waals surface area contributed by atoms with Gasteiger partial charge in [-0.2, -0.15) is 18.3 Å². The van der Waals surface area contributed by atoms with Gasteiger partial charge in [-0.1, -0.05) is 0 Å². The number of carbonyl (C=O) groups excluding carboxylic acids is 1. The summed E-state index contributed by atoms with van der Waals surface area (Å²) in [6.45, 7) is 1.63. The normalized spacial score (nSPS) is 11.5. The van der Waals surface area contributed by atoms with Crippen molar-refractivity contribution in [1.29, 1.82) is 0 Å². The highest BCUT2D eigenvalue weighted by Gasteiger charge is 2.30. The lowest BCUT2D eigenvalue weighted by atomic mass is 10.2. The SMILES string of the molecule is Cc1c(C(=O)Nc2nc(-c3cccnc3)cs2)cnn1-c1ccc(C(F)(F)F)cn1. The van der Waals surface area contributed by atoms with E-state index in [4.69, 9.17) is 0 Å². The highest BCUT2D eigenvalue weighted by molar-refractivity contribution is 7.14. The van der Waals surface area contributed by atoms with Crippen molar-refractivity contribution in [2.45, 2.75) is 13.1 Å². The third kappa shape index (κ3) is 3.92. The van der Waals surface area contributed by atoms with Crippen molar-refractivity contribution in [3.8, 4) is 17.1 Å². The fourth-order valence-corrected chi connectivity index (χ4v) is 3.40. The number of alkyl halides is 3. The number of amides is 1. The number of rotatable bonds is 4. The lowest BCUT2D eigenvalue weighted by Gasteiger charge is -2.08. The second-order valence-corrected chi connectivity index (χ2v) is 7.05. The second-order valence-electron chi connectivity index (χ2n) is 6.19. The maximum atomic E-state index is 12.7. The third-order valence-electron chi connectivity index (χ3n) is 4.23. The molecule has 4 aromatic heterocycles. The van der Waals surface area contributed by atoms with Gasteiger partial charge >= 0.3 is 6.18 Å². The fraction of sp³-hybridized carbons (Fsp3) is 0.105. The highest BCUT2D eigenvalue weighted by atomic mass is 32.1. The summed E-state index contributed by atoms with van der Waals surface area (Å²) in [5, 5.41) is 8.99. The van der Waals surface area contributed by atoms with E-state index >= 15 is 0 Å². The molecule has 0 atom stereocenters. The molecule has 4 heterocycles. The smallest absolute Gasteiger partial charge is 0.298 e. The van der Waals surface area contributed by atoms with Crippen LogP contribution < -0.4 is 5.32 Å². The Bertz CT molecular complexity index is 1190. The molecule has 0 saturated heterocycles. The summed E-state index contributed by atoms with van der Waals surface area (Å²) >= 11 is 1.26. The van der Waals surface area contributed by atoms with Gasteiger partial charge in [-0.25, -0.2) is 14.6 Å². The maximum absolute atomic E-state index is 12.7. The molecule has 0 aliphatic carbocycles. The van der Waals surface area contributed by atoms with E-state index in [-0.39, 0.29) is 11.4 Å². The molecule has 11 heteroatoms. The highest BCUT2D eigenvalue weighted by Crippen LogP contribution is 2.29. The van der Waals surface area contributed by atoms with E-state index in [0.717, 1.165) is 17.8 Å². The summed E-state index contributed by atoms with van der Waals surface area (Å²) in [4.78, 5) is 24.8. The van der Waals surface area contributed by atoms with Crippen LogP contribution in [0, 0.1) is 6.92 Å². The van der Waals surface area contributed by atoms with Crippen LogP contribution in [-0.2, 0) is 6.18 Å². The van der Waals surface area contributed by atoms with Crippen LogP contribution in [0.1, 0.15) is 21.6 Å². The molecule has 152 valence electrons. The summed E-state index contributed by atoms with van der Waals surface area (Å²) in [6, 6.07) is 5.77. The quantitative estimate of drug-likeness (QED) is 0.520. The van der Waals surface area contributed by atoms with Crippen LogP contribution in [-0.4, -0.2) is 30.6 Å². The first kappa shape index (κ1) is 19.7. The molecule has 0 unspecified atom stereocenters. The van der Waals surface area contributed by atoms with Gasteiger partial charge in [0.05, 0.1) is 28.7 Å². The first-order chi connectivity index (χ1) is 14.3. The molecule has 1 amide bonds. The first-order valence-electron chi connectivity index (χ1n) is 8.58. The van der Waals surface area contributed by atoms with E-state index in [9.17, 15) is 18.0 Å². The van der Waals surface area contributed by atoms with Crippen molar-refractivity contribution in [3.05, 3.63) is 71.3 Å². The van der Waals surface area contributed by atoms with Gasteiger partial charge in [0.2, 0.25) is 0 Å². The zero-order chi connectivity index (χ0) is 21.3. The number of hydrogen-bond donors (Lipinski definition) is 1. The molecule has 0 aromatic carbocycles. The Morgan fingerprint density at radius 2 is 2.00 bits per heavy atom. The van der Waals surface area contributed by atoms with Gasteiger partial charge in [-0.3, -0.25) is 15.1 Å². The minimum Gasteiger partial charge on any atom is -0.298 e. The minimum atomic E-state index is -4.47. The van der Waals surface area contributed by atoms with Crippen LogP contribution >= 0.6 is 11.3 Å². The molecule has 4 aromatic rings. The maximum Gasteiger partial charge on any atom is 0.417 e. The Morgan fingerprint density at radius 1 is 1.17 bits per heavy atom. The fourth-order valence-electron chi connectivity index (χ4n) is 2.68. The lowest BCUT2D eigenvalue weighted by molar-refractivity contribution is -0.137. The molecule has 0 fully saturated rings. The number of thiazole rings is 1. The van der Waals surface area contributed by atoms with Crippen molar-refractivity contribution >= 4 is 22.4 Å². The van der Waals surface area contributed by atoms with E-state index in [2.05, 4.69) is 25.4 Å². The Kier molecular flexibility index (Phi) is 5.04. The van der Waals surface area contributed by atoms with Crippen LogP contribution in [0.25, 0.3) is 17.1 Å². The number of aromatic nitrogens is 5. The van der Waals surface area contributed by atoms with Gasteiger partial charge < -0.3 is 0 Å². The summed E-state index contributed by atoms with van der Waals surface area (Å²) < 4.78 is 39.4. The first-order valence-corrected chi connectivity index (χ1v) is 9.46. The third-order valence-corrected chi connectivity index (χ3v) is 4.99. The minimum absolute atomic E-state index is 0.174. The number of pyridine rings is 2. The van der Waals surface area contributed by atoms with Crippen molar-refractivity contribution in [2.75, 3.05) is 5.32 Å². The molecule has 7 nitrogen and oxygen atoms in total. The molecule has 0 bridgehead atoms.